The predicted molar refractivity (Wildman–Crippen MR) is 79.5 cm³/mol. The maximum Gasteiger partial charge on any atom is 0.173 e. The largest absolute Gasteiger partial charge is 0.497 e. The maximum absolute atomic E-state index is 5.33. The van der Waals surface area contributed by atoms with Crippen LogP contribution in [0.4, 0.5) is 5.69 Å². The van der Waals surface area contributed by atoms with Crippen LogP contribution in [-0.4, -0.2) is 19.3 Å². The van der Waals surface area contributed by atoms with Gasteiger partial charge in [0.15, 0.2) is 5.11 Å². The molecule has 1 N–H and O–H groups in total. The Kier molecular flexibility index (Phi) is 4.41. The molecule has 0 radical (unpaired) electrons. The van der Waals surface area contributed by atoms with Crippen molar-refractivity contribution in [2.45, 2.75) is 6.54 Å². The summed E-state index contributed by atoms with van der Waals surface area (Å²) in [6.07, 6.45) is 1.65. The Labute approximate surface area is 118 Å². The van der Waals surface area contributed by atoms with Crippen LogP contribution in [0.15, 0.2) is 47.1 Å². The average Bonchev–Trinajstić information content (AvgIpc) is 2.97. The number of nitrogens with zero attached hydrogens (tertiary/aromatic N) is 1. The van der Waals surface area contributed by atoms with Crippen molar-refractivity contribution in [3.8, 4) is 5.75 Å². The molecule has 0 bridgehead atoms. The number of hydrogen-bond acceptors (Lipinski definition) is 3. The molecule has 0 unspecified atom stereocenters. The summed E-state index contributed by atoms with van der Waals surface area (Å²) in [7, 11) is 3.56. The first-order valence-electron chi connectivity index (χ1n) is 5.88. The lowest BCUT2D eigenvalue weighted by Gasteiger charge is -2.21. The van der Waals surface area contributed by atoms with E-state index in [0.29, 0.717) is 11.7 Å². The minimum Gasteiger partial charge on any atom is -0.497 e. The van der Waals surface area contributed by atoms with Crippen LogP contribution >= 0.6 is 12.2 Å². The van der Waals surface area contributed by atoms with Crippen LogP contribution in [0.2, 0.25) is 0 Å². The second-order valence-corrected chi connectivity index (χ2v) is 4.38. The van der Waals surface area contributed by atoms with Crippen LogP contribution in [0, 0.1) is 0 Å². The lowest BCUT2D eigenvalue weighted by molar-refractivity contribution is 0.415. The SMILES string of the molecule is COc1ccc(N(C)C(=S)NCc2ccco2)cc1. The molecule has 19 heavy (non-hydrogen) atoms. The van der Waals surface area contributed by atoms with Gasteiger partial charge in [0.2, 0.25) is 0 Å². The summed E-state index contributed by atoms with van der Waals surface area (Å²) in [4.78, 5) is 1.90. The molecule has 0 atom stereocenters. The molecular formula is C14H16N2O2S. The maximum atomic E-state index is 5.33. The highest BCUT2D eigenvalue weighted by Crippen LogP contribution is 2.18. The van der Waals surface area contributed by atoms with Gasteiger partial charge in [-0.2, -0.15) is 0 Å². The van der Waals surface area contributed by atoms with E-state index >= 15 is 0 Å². The van der Waals surface area contributed by atoms with E-state index in [1.165, 1.54) is 0 Å². The molecule has 0 aliphatic rings. The van der Waals surface area contributed by atoms with Crippen molar-refractivity contribution in [1.29, 1.82) is 0 Å². The molecule has 2 rings (SSSR count). The van der Waals surface area contributed by atoms with Crippen molar-refractivity contribution in [2.24, 2.45) is 0 Å². The lowest BCUT2D eigenvalue weighted by atomic mass is 10.3. The standard InChI is InChI=1S/C14H16N2O2S/c1-16(11-5-7-12(17-2)8-6-11)14(19)15-10-13-4-3-9-18-13/h3-9H,10H2,1-2H3,(H,15,19). The predicted octanol–water partition coefficient (Wildman–Crippen LogP) is 2.80. The molecule has 0 saturated carbocycles. The first-order chi connectivity index (χ1) is 9.20. The van der Waals surface area contributed by atoms with Crippen molar-refractivity contribution in [1.82, 2.24) is 5.32 Å². The molecule has 0 fully saturated rings. The van der Waals surface area contributed by atoms with Gasteiger partial charge >= 0.3 is 0 Å². The number of benzene rings is 1. The number of nitrogens with one attached hydrogen (secondary N) is 1. The Hall–Kier alpha value is -2.01. The highest BCUT2D eigenvalue weighted by molar-refractivity contribution is 7.80. The fourth-order valence-corrected chi connectivity index (χ4v) is 1.80. The highest BCUT2D eigenvalue weighted by Gasteiger charge is 2.07. The lowest BCUT2D eigenvalue weighted by Crippen LogP contribution is -2.36. The summed E-state index contributed by atoms with van der Waals surface area (Å²) in [5, 5.41) is 3.78. The van der Waals surface area contributed by atoms with Crippen LogP contribution in [0.5, 0.6) is 5.75 Å². The number of ether oxygens (including phenoxy) is 1. The quantitative estimate of drug-likeness (QED) is 0.869. The van der Waals surface area contributed by atoms with E-state index in [1.54, 1.807) is 13.4 Å². The highest BCUT2D eigenvalue weighted by atomic mass is 32.1. The van der Waals surface area contributed by atoms with Crippen molar-refractivity contribution in [3.63, 3.8) is 0 Å². The van der Waals surface area contributed by atoms with Crippen LogP contribution in [-0.2, 0) is 6.54 Å². The Balaban J connectivity index is 1.94. The smallest absolute Gasteiger partial charge is 0.173 e. The van der Waals surface area contributed by atoms with Gasteiger partial charge in [-0.3, -0.25) is 0 Å². The summed E-state index contributed by atoms with van der Waals surface area (Å²) >= 11 is 5.33. The number of anilines is 1. The average molecular weight is 276 g/mol. The minimum absolute atomic E-state index is 0.576. The van der Waals surface area contributed by atoms with E-state index in [-0.39, 0.29) is 0 Å². The van der Waals surface area contributed by atoms with Gasteiger partial charge in [-0.15, -0.1) is 0 Å². The molecule has 0 aliphatic heterocycles. The van der Waals surface area contributed by atoms with Crippen molar-refractivity contribution in [2.75, 3.05) is 19.1 Å². The van der Waals surface area contributed by atoms with Crippen LogP contribution in [0.1, 0.15) is 5.76 Å². The van der Waals surface area contributed by atoms with Crippen LogP contribution in [0.25, 0.3) is 0 Å². The second kappa shape index (κ2) is 6.24. The van der Waals surface area contributed by atoms with Crippen molar-refractivity contribution < 1.29 is 9.15 Å². The van der Waals surface area contributed by atoms with E-state index in [0.717, 1.165) is 17.2 Å². The normalized spacial score (nSPS) is 10.0. The van der Waals surface area contributed by atoms with Gasteiger partial charge in [0.25, 0.3) is 0 Å². The second-order valence-electron chi connectivity index (χ2n) is 4.00. The van der Waals surface area contributed by atoms with Crippen LogP contribution < -0.4 is 15.0 Å². The molecule has 1 aromatic heterocycles. The molecule has 2 aromatic rings. The summed E-state index contributed by atoms with van der Waals surface area (Å²) < 4.78 is 10.4. The molecule has 0 saturated heterocycles. The zero-order valence-corrected chi connectivity index (χ0v) is 11.7. The Morgan fingerprint density at radius 1 is 1.32 bits per heavy atom. The zero-order valence-electron chi connectivity index (χ0n) is 10.9. The number of thiocarbonyl (C=S) groups is 1. The van der Waals surface area contributed by atoms with Gasteiger partial charge in [0, 0.05) is 12.7 Å². The Bertz CT molecular complexity index is 523. The molecule has 1 heterocycles. The summed E-state index contributed by atoms with van der Waals surface area (Å²) in [6.45, 7) is 0.576. The van der Waals surface area contributed by atoms with E-state index in [9.17, 15) is 0 Å². The van der Waals surface area contributed by atoms with Gasteiger partial charge in [0.05, 0.1) is 19.9 Å². The first-order valence-corrected chi connectivity index (χ1v) is 6.29. The van der Waals surface area contributed by atoms with E-state index in [4.69, 9.17) is 21.4 Å². The fraction of sp³-hybridized carbons (Fsp3) is 0.214. The van der Waals surface area contributed by atoms with E-state index < -0.39 is 0 Å². The number of hydrogen-bond donors (Lipinski definition) is 1. The molecule has 5 heteroatoms. The van der Waals surface area contributed by atoms with E-state index in [1.807, 2.05) is 48.3 Å². The third-order valence-electron chi connectivity index (χ3n) is 2.76. The molecule has 100 valence electrons. The third-order valence-corrected chi connectivity index (χ3v) is 3.18. The summed E-state index contributed by atoms with van der Waals surface area (Å²) in [5.74, 6) is 1.68. The van der Waals surface area contributed by atoms with Crippen molar-refractivity contribution >= 4 is 23.0 Å². The van der Waals surface area contributed by atoms with Crippen LogP contribution in [0.3, 0.4) is 0 Å². The summed E-state index contributed by atoms with van der Waals surface area (Å²) in [5.41, 5.74) is 0.998. The van der Waals surface area contributed by atoms with Gasteiger partial charge in [-0.1, -0.05) is 0 Å². The van der Waals surface area contributed by atoms with Gasteiger partial charge in [0.1, 0.15) is 11.5 Å². The Morgan fingerprint density at radius 2 is 2.05 bits per heavy atom. The minimum atomic E-state index is 0.576. The first kappa shape index (κ1) is 13.4. The van der Waals surface area contributed by atoms with Gasteiger partial charge in [-0.25, -0.2) is 0 Å². The van der Waals surface area contributed by atoms with Gasteiger partial charge < -0.3 is 19.4 Å². The number of furan rings is 1. The molecule has 0 amide bonds. The summed E-state index contributed by atoms with van der Waals surface area (Å²) in [6, 6.07) is 11.5. The topological polar surface area (TPSA) is 37.6 Å². The molecule has 0 spiro atoms. The molecule has 1 aromatic carbocycles. The monoisotopic (exact) mass is 276 g/mol. The van der Waals surface area contributed by atoms with Gasteiger partial charge in [-0.05, 0) is 48.6 Å². The number of rotatable bonds is 4. The molecule has 4 nitrogen and oxygen atoms in total. The zero-order chi connectivity index (χ0) is 13.7. The molecular weight excluding hydrogens is 260 g/mol. The fourth-order valence-electron chi connectivity index (χ4n) is 1.62. The van der Waals surface area contributed by atoms with E-state index in [2.05, 4.69) is 5.32 Å². The number of methoxy groups -OCH3 is 1. The Morgan fingerprint density at radius 3 is 2.63 bits per heavy atom. The van der Waals surface area contributed by atoms with Crippen molar-refractivity contribution in [3.05, 3.63) is 48.4 Å². The molecule has 0 aliphatic carbocycles. The third kappa shape index (κ3) is 3.48.